The summed E-state index contributed by atoms with van der Waals surface area (Å²) < 4.78 is 5.22. The average molecular weight is 314 g/mol. The zero-order valence-corrected chi connectivity index (χ0v) is 14.0. The molecule has 0 bridgehead atoms. The van der Waals surface area contributed by atoms with Crippen molar-refractivity contribution in [3.8, 4) is 0 Å². The lowest BCUT2D eigenvalue weighted by Gasteiger charge is -2.30. The van der Waals surface area contributed by atoms with Gasteiger partial charge in [0.2, 0.25) is 0 Å². The Labute approximate surface area is 131 Å². The molecule has 0 fully saturated rings. The molecule has 0 saturated heterocycles. The number of aromatic nitrogens is 1. The highest BCUT2D eigenvalue weighted by atomic mass is 35.5. The standard InChI is InChI=1S/C15H24ClN3O2/c1-10-6-7-11(12(16)19-10)15(5,8-17)9-18-13(20)21-14(2,3)4/h6-7H,8-9,17H2,1-5H3,(H,18,20). The van der Waals surface area contributed by atoms with E-state index in [4.69, 9.17) is 22.1 Å². The molecule has 0 aliphatic rings. The van der Waals surface area contributed by atoms with Crippen LogP contribution in [0.2, 0.25) is 5.15 Å². The van der Waals surface area contributed by atoms with Gasteiger partial charge in [0.25, 0.3) is 0 Å². The highest BCUT2D eigenvalue weighted by molar-refractivity contribution is 6.30. The highest BCUT2D eigenvalue weighted by Gasteiger charge is 2.29. The SMILES string of the molecule is Cc1ccc(C(C)(CN)CNC(=O)OC(C)(C)C)c(Cl)n1. The van der Waals surface area contributed by atoms with E-state index in [1.165, 1.54) is 0 Å². The van der Waals surface area contributed by atoms with Crippen molar-refractivity contribution in [1.29, 1.82) is 0 Å². The molecule has 1 atom stereocenters. The zero-order chi connectivity index (χ0) is 16.3. The van der Waals surface area contributed by atoms with Gasteiger partial charge in [-0.2, -0.15) is 0 Å². The second kappa shape index (κ2) is 6.62. The number of carbonyl (C=O) groups excluding carboxylic acids is 1. The molecule has 1 unspecified atom stereocenters. The topological polar surface area (TPSA) is 77.2 Å². The Hall–Kier alpha value is -1.33. The molecule has 118 valence electrons. The molecule has 1 amide bonds. The maximum Gasteiger partial charge on any atom is 0.407 e. The summed E-state index contributed by atoms with van der Waals surface area (Å²) in [5.41, 5.74) is 6.49. The van der Waals surface area contributed by atoms with Gasteiger partial charge in [0.05, 0.1) is 0 Å². The van der Waals surface area contributed by atoms with Gasteiger partial charge in [0.1, 0.15) is 10.8 Å². The zero-order valence-electron chi connectivity index (χ0n) is 13.3. The Balaban J connectivity index is 2.83. The number of halogens is 1. The summed E-state index contributed by atoms with van der Waals surface area (Å²) >= 11 is 6.20. The van der Waals surface area contributed by atoms with Gasteiger partial charge in [0.15, 0.2) is 0 Å². The van der Waals surface area contributed by atoms with Gasteiger partial charge in [-0.15, -0.1) is 0 Å². The minimum absolute atomic E-state index is 0.322. The van der Waals surface area contributed by atoms with Crippen LogP contribution in [0.15, 0.2) is 12.1 Å². The number of hydrogen-bond donors (Lipinski definition) is 2. The van der Waals surface area contributed by atoms with Crippen LogP contribution in [0.1, 0.15) is 39.0 Å². The Kier molecular flexibility index (Phi) is 5.59. The van der Waals surface area contributed by atoms with Gasteiger partial charge in [-0.05, 0) is 39.3 Å². The number of rotatable bonds is 4. The molecule has 1 heterocycles. The van der Waals surface area contributed by atoms with Crippen LogP contribution in [0.5, 0.6) is 0 Å². The number of nitrogens with one attached hydrogen (secondary N) is 1. The third-order valence-electron chi connectivity index (χ3n) is 3.11. The number of aryl methyl sites for hydroxylation is 1. The van der Waals surface area contributed by atoms with Crippen molar-refractivity contribution in [2.75, 3.05) is 13.1 Å². The molecule has 0 radical (unpaired) electrons. The first-order chi connectivity index (χ1) is 9.57. The molecule has 0 aliphatic heterocycles. The van der Waals surface area contributed by atoms with E-state index in [1.54, 1.807) is 0 Å². The number of carbonyl (C=O) groups is 1. The van der Waals surface area contributed by atoms with Gasteiger partial charge >= 0.3 is 6.09 Å². The molecule has 0 spiro atoms. The van der Waals surface area contributed by atoms with Crippen LogP contribution in [0.25, 0.3) is 0 Å². The maximum atomic E-state index is 11.8. The molecule has 1 rings (SSSR count). The Morgan fingerprint density at radius 1 is 1.38 bits per heavy atom. The first kappa shape index (κ1) is 17.7. The van der Waals surface area contributed by atoms with Gasteiger partial charge in [0, 0.05) is 24.2 Å². The van der Waals surface area contributed by atoms with Crippen molar-refractivity contribution >= 4 is 17.7 Å². The molecule has 5 nitrogen and oxygen atoms in total. The molecule has 0 aromatic carbocycles. The third kappa shape index (κ3) is 5.17. The fourth-order valence-electron chi connectivity index (χ4n) is 1.83. The number of pyridine rings is 1. The summed E-state index contributed by atoms with van der Waals surface area (Å²) in [6.07, 6.45) is -0.474. The normalized spacial score (nSPS) is 14.4. The fourth-order valence-corrected chi connectivity index (χ4v) is 2.26. The van der Waals surface area contributed by atoms with Crippen LogP contribution in [0.3, 0.4) is 0 Å². The lowest BCUT2D eigenvalue weighted by atomic mass is 9.83. The lowest BCUT2D eigenvalue weighted by molar-refractivity contribution is 0.0516. The molecule has 21 heavy (non-hydrogen) atoms. The summed E-state index contributed by atoms with van der Waals surface area (Å²) in [5, 5.41) is 3.15. The molecule has 3 N–H and O–H groups in total. The Bertz CT molecular complexity index is 514. The van der Waals surface area contributed by atoms with Gasteiger partial charge in [-0.25, -0.2) is 9.78 Å². The second-order valence-corrected chi connectivity index (χ2v) is 6.77. The molecule has 0 saturated carbocycles. The molecule has 1 aromatic heterocycles. The predicted octanol–water partition coefficient (Wildman–Crippen LogP) is 2.78. The van der Waals surface area contributed by atoms with Gasteiger partial charge in [-0.1, -0.05) is 24.6 Å². The quantitative estimate of drug-likeness (QED) is 0.838. The summed E-state index contributed by atoms with van der Waals surface area (Å²) in [4.78, 5) is 16.0. The summed E-state index contributed by atoms with van der Waals surface area (Å²) in [6, 6.07) is 3.77. The molecule has 0 aliphatic carbocycles. The average Bonchev–Trinajstić information content (AvgIpc) is 2.34. The monoisotopic (exact) mass is 313 g/mol. The largest absolute Gasteiger partial charge is 0.444 e. The van der Waals surface area contributed by atoms with Crippen LogP contribution >= 0.6 is 11.6 Å². The van der Waals surface area contributed by atoms with E-state index in [2.05, 4.69) is 10.3 Å². The smallest absolute Gasteiger partial charge is 0.407 e. The van der Waals surface area contributed by atoms with Crippen LogP contribution < -0.4 is 11.1 Å². The lowest BCUT2D eigenvalue weighted by Crippen LogP contribution is -2.45. The maximum absolute atomic E-state index is 11.8. The van der Waals surface area contributed by atoms with Gasteiger partial charge < -0.3 is 15.8 Å². The Morgan fingerprint density at radius 3 is 2.48 bits per heavy atom. The predicted molar refractivity (Wildman–Crippen MR) is 84.6 cm³/mol. The van der Waals surface area contributed by atoms with Crippen molar-refractivity contribution in [2.24, 2.45) is 5.73 Å². The van der Waals surface area contributed by atoms with Crippen molar-refractivity contribution in [3.05, 3.63) is 28.5 Å². The van der Waals surface area contributed by atoms with Crippen LogP contribution in [-0.2, 0) is 10.2 Å². The second-order valence-electron chi connectivity index (χ2n) is 6.41. The van der Waals surface area contributed by atoms with E-state index in [1.807, 2.05) is 46.8 Å². The summed E-state index contributed by atoms with van der Waals surface area (Å²) in [6.45, 7) is 9.90. The van der Waals surface area contributed by atoms with E-state index in [0.717, 1.165) is 11.3 Å². The number of amides is 1. The van der Waals surface area contributed by atoms with E-state index in [0.29, 0.717) is 18.2 Å². The number of alkyl carbamates (subject to hydrolysis) is 1. The minimum atomic E-state index is -0.535. The van der Waals surface area contributed by atoms with E-state index >= 15 is 0 Å². The van der Waals surface area contributed by atoms with E-state index in [9.17, 15) is 4.79 Å². The van der Waals surface area contributed by atoms with Crippen molar-refractivity contribution in [1.82, 2.24) is 10.3 Å². The van der Waals surface area contributed by atoms with Gasteiger partial charge in [-0.3, -0.25) is 0 Å². The number of nitrogens with two attached hydrogens (primary N) is 1. The molecule has 1 aromatic rings. The van der Waals surface area contributed by atoms with E-state index in [-0.39, 0.29) is 0 Å². The molecular formula is C15H24ClN3O2. The van der Waals surface area contributed by atoms with Crippen molar-refractivity contribution in [2.45, 2.75) is 45.6 Å². The van der Waals surface area contributed by atoms with E-state index < -0.39 is 17.1 Å². The van der Waals surface area contributed by atoms with Crippen molar-refractivity contribution < 1.29 is 9.53 Å². The first-order valence-corrected chi connectivity index (χ1v) is 7.26. The highest BCUT2D eigenvalue weighted by Crippen LogP contribution is 2.28. The molecule has 6 heteroatoms. The van der Waals surface area contributed by atoms with Crippen LogP contribution in [-0.4, -0.2) is 29.8 Å². The Morgan fingerprint density at radius 2 is 2.00 bits per heavy atom. The minimum Gasteiger partial charge on any atom is -0.444 e. The third-order valence-corrected chi connectivity index (χ3v) is 3.40. The van der Waals surface area contributed by atoms with Crippen molar-refractivity contribution in [3.63, 3.8) is 0 Å². The summed E-state index contributed by atoms with van der Waals surface area (Å²) in [5.74, 6) is 0. The van der Waals surface area contributed by atoms with Crippen LogP contribution in [0, 0.1) is 6.92 Å². The number of hydrogen-bond acceptors (Lipinski definition) is 4. The first-order valence-electron chi connectivity index (χ1n) is 6.88. The molecular weight excluding hydrogens is 290 g/mol. The number of ether oxygens (including phenoxy) is 1. The number of nitrogens with zero attached hydrogens (tertiary/aromatic N) is 1. The van der Waals surface area contributed by atoms with Crippen LogP contribution in [0.4, 0.5) is 4.79 Å². The summed E-state index contributed by atoms with van der Waals surface area (Å²) in [7, 11) is 0. The fraction of sp³-hybridized carbons (Fsp3) is 0.600.